The highest BCUT2D eigenvalue weighted by atomic mass is 16.5. The van der Waals surface area contributed by atoms with Crippen LogP contribution < -0.4 is 10.6 Å². The molecule has 2 fully saturated rings. The summed E-state index contributed by atoms with van der Waals surface area (Å²) >= 11 is 0. The fourth-order valence-electron chi connectivity index (χ4n) is 4.15. The van der Waals surface area contributed by atoms with Gasteiger partial charge in [-0.1, -0.05) is 43.7 Å². The van der Waals surface area contributed by atoms with Gasteiger partial charge in [-0.05, 0) is 37.8 Å². The SMILES string of the molecule is CCCCN1CCC(NC(=NC)NCC2CCOC2c2ccccc2)CC1. The molecule has 0 radical (unpaired) electrons. The van der Waals surface area contributed by atoms with E-state index >= 15 is 0 Å². The first-order valence-corrected chi connectivity index (χ1v) is 10.7. The molecule has 27 heavy (non-hydrogen) atoms. The maximum Gasteiger partial charge on any atom is 0.191 e. The van der Waals surface area contributed by atoms with Gasteiger partial charge in [0.1, 0.15) is 0 Å². The molecule has 1 aromatic carbocycles. The average Bonchev–Trinajstić information content (AvgIpc) is 3.19. The first kappa shape index (κ1) is 20.2. The van der Waals surface area contributed by atoms with Crippen LogP contribution in [0.25, 0.3) is 0 Å². The van der Waals surface area contributed by atoms with Gasteiger partial charge in [0.05, 0.1) is 6.10 Å². The molecule has 0 aliphatic carbocycles. The third kappa shape index (κ3) is 5.94. The first-order valence-electron chi connectivity index (χ1n) is 10.7. The van der Waals surface area contributed by atoms with Crippen LogP contribution in [-0.2, 0) is 4.74 Å². The highest BCUT2D eigenvalue weighted by Crippen LogP contribution is 2.33. The maximum absolute atomic E-state index is 6.01. The Morgan fingerprint density at radius 2 is 1.96 bits per heavy atom. The van der Waals surface area contributed by atoms with E-state index in [9.17, 15) is 0 Å². The number of rotatable bonds is 7. The summed E-state index contributed by atoms with van der Waals surface area (Å²) in [7, 11) is 1.87. The van der Waals surface area contributed by atoms with E-state index < -0.39 is 0 Å². The van der Waals surface area contributed by atoms with Gasteiger partial charge in [-0.25, -0.2) is 0 Å². The van der Waals surface area contributed by atoms with Crippen LogP contribution >= 0.6 is 0 Å². The lowest BCUT2D eigenvalue weighted by molar-refractivity contribution is 0.0915. The van der Waals surface area contributed by atoms with E-state index in [0.29, 0.717) is 12.0 Å². The zero-order valence-electron chi connectivity index (χ0n) is 17.0. The zero-order valence-corrected chi connectivity index (χ0v) is 17.0. The number of nitrogens with zero attached hydrogens (tertiary/aromatic N) is 2. The largest absolute Gasteiger partial charge is 0.373 e. The molecule has 0 amide bonds. The van der Waals surface area contributed by atoms with Gasteiger partial charge in [-0.3, -0.25) is 4.99 Å². The van der Waals surface area contributed by atoms with Gasteiger partial charge in [-0.2, -0.15) is 0 Å². The molecule has 150 valence electrons. The standard InChI is InChI=1S/C22H36N4O/c1-3-4-13-26-14-10-20(11-15-26)25-22(23-2)24-17-19-12-16-27-21(19)18-8-6-5-7-9-18/h5-9,19-21H,3-4,10-17H2,1-2H3,(H2,23,24,25). The van der Waals surface area contributed by atoms with E-state index in [1.54, 1.807) is 0 Å². The first-order chi connectivity index (χ1) is 13.3. The fraction of sp³-hybridized carbons (Fsp3) is 0.682. The lowest BCUT2D eigenvalue weighted by Crippen LogP contribution is -2.49. The van der Waals surface area contributed by atoms with E-state index in [1.165, 1.54) is 50.9 Å². The number of ether oxygens (including phenoxy) is 1. The van der Waals surface area contributed by atoms with E-state index in [1.807, 2.05) is 7.05 Å². The Kier molecular flexibility index (Phi) is 7.96. The second-order valence-corrected chi connectivity index (χ2v) is 7.82. The highest BCUT2D eigenvalue weighted by molar-refractivity contribution is 5.80. The lowest BCUT2D eigenvalue weighted by atomic mass is 9.95. The van der Waals surface area contributed by atoms with Crippen LogP contribution in [0.5, 0.6) is 0 Å². The van der Waals surface area contributed by atoms with E-state index in [-0.39, 0.29) is 6.10 Å². The van der Waals surface area contributed by atoms with Crippen LogP contribution in [0.1, 0.15) is 50.7 Å². The number of aliphatic imine (C=N–C) groups is 1. The Hall–Kier alpha value is -1.59. The Bertz CT molecular complexity index is 569. The molecule has 0 bridgehead atoms. The number of piperidine rings is 1. The van der Waals surface area contributed by atoms with Gasteiger partial charge in [0, 0.05) is 45.2 Å². The van der Waals surface area contributed by atoms with Crippen LogP contribution in [0, 0.1) is 5.92 Å². The topological polar surface area (TPSA) is 48.9 Å². The third-order valence-electron chi connectivity index (χ3n) is 5.85. The second-order valence-electron chi connectivity index (χ2n) is 7.82. The van der Waals surface area contributed by atoms with E-state index in [2.05, 4.69) is 57.8 Å². The lowest BCUT2D eigenvalue weighted by Gasteiger charge is -2.33. The van der Waals surface area contributed by atoms with Gasteiger partial charge in [-0.15, -0.1) is 0 Å². The summed E-state index contributed by atoms with van der Waals surface area (Å²) in [6, 6.07) is 11.1. The van der Waals surface area contributed by atoms with Crippen molar-refractivity contribution in [3.05, 3.63) is 35.9 Å². The Morgan fingerprint density at radius 1 is 1.19 bits per heavy atom. The van der Waals surface area contributed by atoms with Crippen LogP contribution in [0.3, 0.4) is 0 Å². The summed E-state index contributed by atoms with van der Waals surface area (Å²) in [5.74, 6) is 1.42. The predicted octanol–water partition coefficient (Wildman–Crippen LogP) is 3.19. The molecule has 2 atom stereocenters. The minimum Gasteiger partial charge on any atom is -0.373 e. The van der Waals surface area contributed by atoms with Crippen molar-refractivity contribution in [2.45, 2.75) is 51.2 Å². The summed E-state index contributed by atoms with van der Waals surface area (Å²) in [6.07, 6.45) is 6.28. The molecule has 2 aliphatic heterocycles. The Balaban J connectivity index is 1.43. The molecule has 2 saturated heterocycles. The fourth-order valence-corrected chi connectivity index (χ4v) is 4.15. The summed E-state index contributed by atoms with van der Waals surface area (Å²) in [6.45, 7) is 7.64. The molecule has 2 aliphatic rings. The number of nitrogens with one attached hydrogen (secondary N) is 2. The number of unbranched alkanes of at least 4 members (excludes halogenated alkanes) is 1. The Morgan fingerprint density at radius 3 is 2.67 bits per heavy atom. The van der Waals surface area contributed by atoms with Crippen molar-refractivity contribution in [3.8, 4) is 0 Å². The monoisotopic (exact) mass is 372 g/mol. The zero-order chi connectivity index (χ0) is 18.9. The van der Waals surface area contributed by atoms with E-state index in [0.717, 1.165) is 25.5 Å². The predicted molar refractivity (Wildman–Crippen MR) is 112 cm³/mol. The molecular formula is C22H36N4O. The molecule has 0 aromatic heterocycles. The molecule has 2 heterocycles. The molecule has 5 nitrogen and oxygen atoms in total. The summed E-state index contributed by atoms with van der Waals surface area (Å²) in [5.41, 5.74) is 1.28. The van der Waals surface area contributed by atoms with Crippen molar-refractivity contribution < 1.29 is 4.74 Å². The van der Waals surface area contributed by atoms with Crippen molar-refractivity contribution in [1.29, 1.82) is 0 Å². The van der Waals surface area contributed by atoms with Gasteiger partial charge < -0.3 is 20.3 Å². The van der Waals surface area contributed by atoms with Gasteiger partial charge in [0.2, 0.25) is 0 Å². The van der Waals surface area contributed by atoms with Crippen LogP contribution in [0.2, 0.25) is 0 Å². The average molecular weight is 373 g/mol. The minimum atomic E-state index is 0.193. The summed E-state index contributed by atoms with van der Waals surface area (Å²) in [5, 5.41) is 7.18. The number of guanidine groups is 1. The van der Waals surface area contributed by atoms with Crippen molar-refractivity contribution >= 4 is 5.96 Å². The number of benzene rings is 1. The van der Waals surface area contributed by atoms with Crippen molar-refractivity contribution in [3.63, 3.8) is 0 Å². The Labute approximate surface area is 164 Å². The highest BCUT2D eigenvalue weighted by Gasteiger charge is 2.29. The number of likely N-dealkylation sites (tertiary alicyclic amines) is 1. The van der Waals surface area contributed by atoms with Crippen LogP contribution in [-0.4, -0.2) is 56.7 Å². The van der Waals surface area contributed by atoms with Gasteiger partial charge in [0.25, 0.3) is 0 Å². The third-order valence-corrected chi connectivity index (χ3v) is 5.85. The summed E-state index contributed by atoms with van der Waals surface area (Å²) in [4.78, 5) is 7.04. The van der Waals surface area contributed by atoms with Crippen molar-refractivity contribution in [1.82, 2.24) is 15.5 Å². The van der Waals surface area contributed by atoms with E-state index in [4.69, 9.17) is 4.74 Å². The quantitative estimate of drug-likeness (QED) is 0.570. The number of hydrogen-bond donors (Lipinski definition) is 2. The normalized spacial score (nSPS) is 24.9. The number of hydrogen-bond acceptors (Lipinski definition) is 3. The molecule has 3 rings (SSSR count). The van der Waals surface area contributed by atoms with Gasteiger partial charge >= 0.3 is 0 Å². The minimum absolute atomic E-state index is 0.193. The van der Waals surface area contributed by atoms with Gasteiger partial charge in [0.15, 0.2) is 5.96 Å². The summed E-state index contributed by atoms with van der Waals surface area (Å²) < 4.78 is 6.01. The molecule has 2 N–H and O–H groups in total. The molecule has 0 spiro atoms. The molecule has 0 saturated carbocycles. The van der Waals surface area contributed by atoms with Crippen molar-refractivity contribution in [2.24, 2.45) is 10.9 Å². The second kappa shape index (κ2) is 10.7. The smallest absolute Gasteiger partial charge is 0.191 e. The van der Waals surface area contributed by atoms with Crippen LogP contribution in [0.15, 0.2) is 35.3 Å². The van der Waals surface area contributed by atoms with Crippen molar-refractivity contribution in [2.75, 3.05) is 39.8 Å². The molecule has 1 aromatic rings. The molecule has 5 heteroatoms. The maximum atomic E-state index is 6.01. The molecule has 2 unspecified atom stereocenters. The van der Waals surface area contributed by atoms with Crippen LogP contribution in [0.4, 0.5) is 0 Å². The molecular weight excluding hydrogens is 336 g/mol.